The van der Waals surface area contributed by atoms with Crippen molar-refractivity contribution in [1.29, 1.82) is 0 Å². The minimum absolute atomic E-state index is 0.282. The van der Waals surface area contributed by atoms with Crippen LogP contribution in [0.4, 0.5) is 4.39 Å². The zero-order valence-corrected chi connectivity index (χ0v) is 10.4. The number of benzene rings is 1. The van der Waals surface area contributed by atoms with Gasteiger partial charge in [0.05, 0.1) is 0 Å². The Bertz CT molecular complexity index is 526. The summed E-state index contributed by atoms with van der Waals surface area (Å²) < 4.78 is 18.4. The van der Waals surface area contributed by atoms with Crippen molar-refractivity contribution in [3.63, 3.8) is 0 Å². The molecule has 2 rings (SSSR count). The molecule has 0 aliphatic carbocycles. The Morgan fingerprint density at radius 2 is 1.94 bits per heavy atom. The van der Waals surface area contributed by atoms with E-state index in [-0.39, 0.29) is 5.82 Å². The third-order valence-electron chi connectivity index (χ3n) is 2.41. The van der Waals surface area contributed by atoms with Gasteiger partial charge in [-0.15, -0.1) is 0 Å². The fourth-order valence-electron chi connectivity index (χ4n) is 1.69. The second-order valence-electron chi connectivity index (χ2n) is 4.04. The normalized spacial score (nSPS) is 10.4. The molecule has 0 amide bonds. The lowest BCUT2D eigenvalue weighted by Crippen LogP contribution is -2.06. The molecule has 0 saturated carbocycles. The molecule has 4 heteroatoms. The van der Waals surface area contributed by atoms with Gasteiger partial charge in [-0.25, -0.2) is 9.37 Å². The molecule has 0 bridgehead atoms. The molecule has 1 aromatic carbocycles. The molecular formula is C14H15FN2O. The average Bonchev–Trinajstić information content (AvgIpc) is 2.32. The zero-order valence-electron chi connectivity index (χ0n) is 10.4. The molecular weight excluding hydrogens is 231 g/mol. The number of hydrogen-bond acceptors (Lipinski definition) is 3. The Kier molecular flexibility index (Phi) is 3.89. The van der Waals surface area contributed by atoms with Crippen LogP contribution in [0.25, 0.3) is 0 Å². The van der Waals surface area contributed by atoms with Crippen LogP contribution in [0.3, 0.4) is 0 Å². The van der Waals surface area contributed by atoms with Gasteiger partial charge in [-0.1, -0.05) is 0 Å². The van der Waals surface area contributed by atoms with Crippen molar-refractivity contribution in [1.82, 2.24) is 10.3 Å². The number of ether oxygens (including phenoxy) is 1. The van der Waals surface area contributed by atoms with Crippen molar-refractivity contribution < 1.29 is 9.13 Å². The van der Waals surface area contributed by atoms with Gasteiger partial charge in [-0.3, -0.25) is 0 Å². The number of halogens is 1. The summed E-state index contributed by atoms with van der Waals surface area (Å²) in [5.41, 5.74) is 1.99. The van der Waals surface area contributed by atoms with E-state index < -0.39 is 0 Å². The van der Waals surface area contributed by atoms with Crippen molar-refractivity contribution in [2.24, 2.45) is 0 Å². The summed E-state index contributed by atoms with van der Waals surface area (Å²) in [5.74, 6) is 0.812. The van der Waals surface area contributed by atoms with Crippen molar-refractivity contribution >= 4 is 0 Å². The summed E-state index contributed by atoms with van der Waals surface area (Å²) in [7, 11) is 1.89. The number of rotatable bonds is 4. The molecule has 2 aromatic rings. The van der Waals surface area contributed by atoms with E-state index in [0.717, 1.165) is 17.8 Å². The van der Waals surface area contributed by atoms with Gasteiger partial charge in [-0.2, -0.15) is 0 Å². The first-order chi connectivity index (χ1) is 8.67. The number of hydrogen-bond donors (Lipinski definition) is 1. The summed E-state index contributed by atoms with van der Waals surface area (Å²) in [6.45, 7) is 2.67. The molecule has 18 heavy (non-hydrogen) atoms. The van der Waals surface area contributed by atoms with Crippen LogP contribution in [0.1, 0.15) is 11.3 Å². The lowest BCUT2D eigenvalue weighted by Gasteiger charge is -2.08. The van der Waals surface area contributed by atoms with Gasteiger partial charge in [0.15, 0.2) is 0 Å². The molecule has 0 unspecified atom stereocenters. The minimum atomic E-state index is -0.282. The van der Waals surface area contributed by atoms with Gasteiger partial charge in [0, 0.05) is 18.3 Å². The van der Waals surface area contributed by atoms with Gasteiger partial charge in [0.2, 0.25) is 5.88 Å². The largest absolute Gasteiger partial charge is 0.439 e. The lowest BCUT2D eigenvalue weighted by atomic mass is 10.2. The number of nitrogens with zero attached hydrogens (tertiary/aromatic N) is 1. The van der Waals surface area contributed by atoms with Crippen molar-refractivity contribution in [2.75, 3.05) is 7.05 Å². The van der Waals surface area contributed by atoms with Crippen molar-refractivity contribution in [2.45, 2.75) is 13.5 Å². The van der Waals surface area contributed by atoms with Crippen LogP contribution in [0, 0.1) is 12.7 Å². The topological polar surface area (TPSA) is 34.2 Å². The van der Waals surface area contributed by atoms with Gasteiger partial charge >= 0.3 is 0 Å². The highest BCUT2D eigenvalue weighted by atomic mass is 19.1. The highest BCUT2D eigenvalue weighted by Gasteiger charge is 2.03. The first-order valence-electron chi connectivity index (χ1n) is 5.73. The Morgan fingerprint density at radius 1 is 1.22 bits per heavy atom. The van der Waals surface area contributed by atoms with E-state index in [1.807, 2.05) is 26.1 Å². The van der Waals surface area contributed by atoms with Gasteiger partial charge in [-0.05, 0) is 49.9 Å². The first-order valence-corrected chi connectivity index (χ1v) is 5.73. The SMILES string of the molecule is CNCc1cc(C)nc(Oc2ccc(F)cc2)c1. The number of aromatic nitrogens is 1. The van der Waals surface area contributed by atoms with E-state index in [2.05, 4.69) is 10.3 Å². The van der Waals surface area contributed by atoms with Crippen LogP contribution in [0.5, 0.6) is 11.6 Å². The molecule has 94 valence electrons. The highest BCUT2D eigenvalue weighted by Crippen LogP contribution is 2.21. The predicted octanol–water partition coefficient (Wildman–Crippen LogP) is 3.04. The molecule has 0 saturated heterocycles. The second-order valence-corrected chi connectivity index (χ2v) is 4.04. The Labute approximate surface area is 106 Å². The quantitative estimate of drug-likeness (QED) is 0.900. The Balaban J connectivity index is 2.20. The summed E-state index contributed by atoms with van der Waals surface area (Å²) in [4.78, 5) is 4.29. The second kappa shape index (κ2) is 5.60. The van der Waals surface area contributed by atoms with Crippen LogP contribution in [-0.4, -0.2) is 12.0 Å². The standard InChI is InChI=1S/C14H15FN2O/c1-10-7-11(9-16-2)8-14(17-10)18-13-5-3-12(15)4-6-13/h3-8,16H,9H2,1-2H3. The molecule has 0 radical (unpaired) electrons. The molecule has 0 spiro atoms. The fourth-order valence-corrected chi connectivity index (χ4v) is 1.69. The smallest absolute Gasteiger partial charge is 0.219 e. The van der Waals surface area contributed by atoms with E-state index in [0.29, 0.717) is 11.6 Å². The molecule has 1 N–H and O–H groups in total. The van der Waals surface area contributed by atoms with Crippen LogP contribution in [0.2, 0.25) is 0 Å². The van der Waals surface area contributed by atoms with Crippen LogP contribution >= 0.6 is 0 Å². The molecule has 1 aromatic heterocycles. The van der Waals surface area contributed by atoms with E-state index in [1.54, 1.807) is 12.1 Å². The number of aryl methyl sites for hydroxylation is 1. The maximum absolute atomic E-state index is 12.8. The number of nitrogens with one attached hydrogen (secondary N) is 1. The maximum atomic E-state index is 12.8. The van der Waals surface area contributed by atoms with Crippen molar-refractivity contribution in [3.8, 4) is 11.6 Å². The average molecular weight is 246 g/mol. The molecule has 3 nitrogen and oxygen atoms in total. The summed E-state index contributed by atoms with van der Waals surface area (Å²) >= 11 is 0. The maximum Gasteiger partial charge on any atom is 0.219 e. The molecule has 0 aliphatic rings. The monoisotopic (exact) mass is 246 g/mol. The Morgan fingerprint density at radius 3 is 2.61 bits per heavy atom. The summed E-state index contributed by atoms with van der Waals surface area (Å²) in [6, 6.07) is 9.74. The fraction of sp³-hybridized carbons (Fsp3) is 0.214. The summed E-state index contributed by atoms with van der Waals surface area (Å²) in [5, 5.41) is 3.08. The number of pyridine rings is 1. The molecule has 0 atom stereocenters. The van der Waals surface area contributed by atoms with Crippen LogP contribution < -0.4 is 10.1 Å². The van der Waals surface area contributed by atoms with E-state index >= 15 is 0 Å². The summed E-state index contributed by atoms with van der Waals surface area (Å²) in [6.07, 6.45) is 0. The molecule has 1 heterocycles. The zero-order chi connectivity index (χ0) is 13.0. The van der Waals surface area contributed by atoms with Gasteiger partial charge < -0.3 is 10.1 Å². The first kappa shape index (κ1) is 12.5. The highest BCUT2D eigenvalue weighted by molar-refractivity contribution is 5.30. The third-order valence-corrected chi connectivity index (χ3v) is 2.41. The molecule has 0 fully saturated rings. The van der Waals surface area contributed by atoms with E-state index in [9.17, 15) is 4.39 Å². The minimum Gasteiger partial charge on any atom is -0.439 e. The Hall–Kier alpha value is -1.94. The predicted molar refractivity (Wildman–Crippen MR) is 68.2 cm³/mol. The third kappa shape index (κ3) is 3.28. The van der Waals surface area contributed by atoms with Gasteiger partial charge in [0.25, 0.3) is 0 Å². The molecule has 0 aliphatic heterocycles. The van der Waals surface area contributed by atoms with Crippen LogP contribution in [0.15, 0.2) is 36.4 Å². The van der Waals surface area contributed by atoms with E-state index in [4.69, 9.17) is 4.74 Å². The van der Waals surface area contributed by atoms with E-state index in [1.165, 1.54) is 12.1 Å². The van der Waals surface area contributed by atoms with Crippen molar-refractivity contribution in [3.05, 3.63) is 53.5 Å². The lowest BCUT2D eigenvalue weighted by molar-refractivity contribution is 0.459. The van der Waals surface area contributed by atoms with Gasteiger partial charge in [0.1, 0.15) is 11.6 Å². The van der Waals surface area contributed by atoms with Crippen LogP contribution in [-0.2, 0) is 6.54 Å².